The molecule has 3 rings (SSSR count). The lowest BCUT2D eigenvalue weighted by Gasteiger charge is -2.34. The third-order valence-electron chi connectivity index (χ3n) is 6.26. The average molecular weight is 486 g/mol. The molecule has 2 amide bonds. The number of carbonyl (C=O) groups is 2. The smallest absolute Gasteiger partial charge is 0.244 e. The van der Waals surface area contributed by atoms with Gasteiger partial charge in [0.05, 0.1) is 11.9 Å². The molecule has 1 saturated carbocycles. The van der Waals surface area contributed by atoms with Gasteiger partial charge in [0.25, 0.3) is 0 Å². The molecular formula is C26H35N3O4S. The van der Waals surface area contributed by atoms with Gasteiger partial charge in [0, 0.05) is 12.6 Å². The molecule has 7 nitrogen and oxygen atoms in total. The number of amides is 2. The van der Waals surface area contributed by atoms with Crippen molar-refractivity contribution in [1.29, 1.82) is 0 Å². The standard InChI is InChI=1S/C26H35N3O4S/c1-3-24(26(31)27-22-15-9-5-10-16-22)28(19-21-13-7-4-8-14-21)25(30)20-29(34(2,32)33)23-17-11-6-12-18-23/h4,6-8,11-14,17-18,22,24H,3,5,9-10,15-16,19-20H2,1-2H3,(H,27,31). The van der Waals surface area contributed by atoms with Crippen LogP contribution in [0.3, 0.4) is 0 Å². The van der Waals surface area contributed by atoms with Crippen LogP contribution in [0.1, 0.15) is 51.0 Å². The molecule has 34 heavy (non-hydrogen) atoms. The maximum absolute atomic E-state index is 13.6. The number of para-hydroxylation sites is 1. The topological polar surface area (TPSA) is 86.8 Å². The number of sulfonamides is 1. The normalized spacial score (nSPS) is 15.4. The first-order chi connectivity index (χ1) is 16.3. The highest BCUT2D eigenvalue weighted by molar-refractivity contribution is 7.92. The van der Waals surface area contributed by atoms with Gasteiger partial charge in [0.15, 0.2) is 0 Å². The molecule has 0 radical (unpaired) electrons. The quantitative estimate of drug-likeness (QED) is 0.556. The highest BCUT2D eigenvalue weighted by Gasteiger charge is 2.32. The van der Waals surface area contributed by atoms with E-state index < -0.39 is 22.0 Å². The Labute approximate surface area is 203 Å². The molecule has 2 aromatic carbocycles. The Hall–Kier alpha value is -2.87. The minimum atomic E-state index is -3.71. The Morgan fingerprint density at radius 1 is 0.971 bits per heavy atom. The summed E-state index contributed by atoms with van der Waals surface area (Å²) in [7, 11) is -3.71. The Bertz CT molecular complexity index is 1040. The summed E-state index contributed by atoms with van der Waals surface area (Å²) in [5.41, 5.74) is 1.29. The molecule has 0 spiro atoms. The lowest BCUT2D eigenvalue weighted by atomic mass is 9.95. The fraction of sp³-hybridized carbons (Fsp3) is 0.462. The SMILES string of the molecule is CCC(C(=O)NC1CCCCC1)N(Cc1ccccc1)C(=O)CN(c1ccccc1)S(C)(=O)=O. The van der Waals surface area contributed by atoms with Crippen LogP contribution in [0.4, 0.5) is 5.69 Å². The van der Waals surface area contributed by atoms with Gasteiger partial charge < -0.3 is 10.2 Å². The summed E-state index contributed by atoms with van der Waals surface area (Å²) in [6.45, 7) is 1.73. The van der Waals surface area contributed by atoms with Crippen LogP contribution in [0.15, 0.2) is 60.7 Å². The van der Waals surface area contributed by atoms with Gasteiger partial charge in [-0.15, -0.1) is 0 Å². The molecule has 1 atom stereocenters. The van der Waals surface area contributed by atoms with Crippen molar-refractivity contribution in [2.45, 2.75) is 64.1 Å². The van der Waals surface area contributed by atoms with E-state index in [4.69, 9.17) is 0 Å². The summed E-state index contributed by atoms with van der Waals surface area (Å²) in [6, 6.07) is 17.5. The molecule has 2 aromatic rings. The zero-order chi connectivity index (χ0) is 24.6. The fourth-order valence-electron chi connectivity index (χ4n) is 4.45. The van der Waals surface area contributed by atoms with Crippen LogP contribution in [0.5, 0.6) is 0 Å². The van der Waals surface area contributed by atoms with Gasteiger partial charge in [-0.3, -0.25) is 13.9 Å². The third kappa shape index (κ3) is 7.06. The summed E-state index contributed by atoms with van der Waals surface area (Å²) >= 11 is 0. The monoisotopic (exact) mass is 485 g/mol. The second-order valence-corrected chi connectivity index (χ2v) is 10.8. The molecule has 8 heteroatoms. The highest BCUT2D eigenvalue weighted by atomic mass is 32.2. The molecule has 0 aliphatic heterocycles. The molecule has 184 valence electrons. The van der Waals surface area contributed by atoms with E-state index in [1.54, 1.807) is 30.3 Å². The van der Waals surface area contributed by atoms with Gasteiger partial charge in [-0.05, 0) is 37.0 Å². The van der Waals surface area contributed by atoms with Gasteiger partial charge in [-0.2, -0.15) is 0 Å². The maximum Gasteiger partial charge on any atom is 0.244 e. The van der Waals surface area contributed by atoms with E-state index in [-0.39, 0.29) is 25.0 Å². The maximum atomic E-state index is 13.6. The first-order valence-corrected chi connectivity index (χ1v) is 13.8. The summed E-state index contributed by atoms with van der Waals surface area (Å²) in [6.07, 6.45) is 6.78. The largest absolute Gasteiger partial charge is 0.352 e. The van der Waals surface area contributed by atoms with Crippen molar-refractivity contribution in [1.82, 2.24) is 10.2 Å². The minimum Gasteiger partial charge on any atom is -0.352 e. The highest BCUT2D eigenvalue weighted by Crippen LogP contribution is 2.21. The van der Waals surface area contributed by atoms with Crippen LogP contribution >= 0.6 is 0 Å². The Balaban J connectivity index is 1.87. The zero-order valence-corrected chi connectivity index (χ0v) is 20.8. The summed E-state index contributed by atoms with van der Waals surface area (Å²) in [5.74, 6) is -0.590. The first-order valence-electron chi connectivity index (χ1n) is 12.0. The lowest BCUT2D eigenvalue weighted by Crippen LogP contribution is -2.53. The van der Waals surface area contributed by atoms with E-state index in [1.807, 2.05) is 37.3 Å². The van der Waals surface area contributed by atoms with E-state index in [0.717, 1.165) is 41.8 Å². The molecule has 0 bridgehead atoms. The van der Waals surface area contributed by atoms with Crippen LogP contribution in [-0.4, -0.2) is 50.0 Å². The summed E-state index contributed by atoms with van der Waals surface area (Å²) < 4.78 is 26.2. The van der Waals surface area contributed by atoms with E-state index in [9.17, 15) is 18.0 Å². The number of anilines is 1. The van der Waals surface area contributed by atoms with Crippen molar-refractivity contribution in [2.75, 3.05) is 17.1 Å². The second-order valence-electron chi connectivity index (χ2n) is 8.88. The molecule has 1 N–H and O–H groups in total. The number of nitrogens with zero attached hydrogens (tertiary/aromatic N) is 2. The first kappa shape index (κ1) is 25.7. The van der Waals surface area contributed by atoms with Crippen LogP contribution in [0.25, 0.3) is 0 Å². The van der Waals surface area contributed by atoms with Gasteiger partial charge >= 0.3 is 0 Å². The zero-order valence-electron chi connectivity index (χ0n) is 20.0. The molecule has 1 fully saturated rings. The van der Waals surface area contributed by atoms with Crippen LogP contribution in [0.2, 0.25) is 0 Å². The van der Waals surface area contributed by atoms with Gasteiger partial charge in [-0.1, -0.05) is 74.7 Å². The third-order valence-corrected chi connectivity index (χ3v) is 7.40. The number of rotatable bonds is 10. The van der Waals surface area contributed by atoms with Crippen molar-refractivity contribution in [3.63, 3.8) is 0 Å². The van der Waals surface area contributed by atoms with E-state index in [2.05, 4.69) is 5.32 Å². The lowest BCUT2D eigenvalue weighted by molar-refractivity contribution is -0.140. The Kier molecular flexibility index (Phi) is 9.10. The molecular weight excluding hydrogens is 450 g/mol. The van der Waals surface area contributed by atoms with Crippen LogP contribution in [-0.2, 0) is 26.2 Å². The minimum absolute atomic E-state index is 0.126. The van der Waals surface area contributed by atoms with E-state index >= 15 is 0 Å². The van der Waals surface area contributed by atoms with E-state index in [0.29, 0.717) is 12.1 Å². The molecule has 1 aliphatic rings. The number of carbonyl (C=O) groups excluding carboxylic acids is 2. The number of nitrogens with one attached hydrogen (secondary N) is 1. The Morgan fingerprint density at radius 2 is 1.56 bits per heavy atom. The summed E-state index contributed by atoms with van der Waals surface area (Å²) in [4.78, 5) is 28.4. The summed E-state index contributed by atoms with van der Waals surface area (Å²) in [5, 5.41) is 3.14. The Morgan fingerprint density at radius 3 is 2.12 bits per heavy atom. The molecule has 1 unspecified atom stereocenters. The van der Waals surface area contributed by atoms with Crippen LogP contribution in [0, 0.1) is 0 Å². The predicted octanol–water partition coefficient (Wildman–Crippen LogP) is 3.71. The number of hydrogen-bond donors (Lipinski definition) is 1. The van der Waals surface area contributed by atoms with Crippen molar-refractivity contribution in [3.8, 4) is 0 Å². The molecule has 0 aromatic heterocycles. The van der Waals surface area contributed by atoms with Crippen molar-refractivity contribution in [3.05, 3.63) is 66.2 Å². The second kappa shape index (κ2) is 12.0. The van der Waals surface area contributed by atoms with Gasteiger partial charge in [0.2, 0.25) is 21.8 Å². The fourth-order valence-corrected chi connectivity index (χ4v) is 5.30. The predicted molar refractivity (Wildman–Crippen MR) is 135 cm³/mol. The van der Waals surface area contributed by atoms with Gasteiger partial charge in [-0.25, -0.2) is 8.42 Å². The molecule has 0 saturated heterocycles. The van der Waals surface area contributed by atoms with Gasteiger partial charge in [0.1, 0.15) is 12.6 Å². The average Bonchev–Trinajstić information content (AvgIpc) is 2.83. The van der Waals surface area contributed by atoms with Crippen molar-refractivity contribution in [2.24, 2.45) is 0 Å². The van der Waals surface area contributed by atoms with Crippen molar-refractivity contribution < 1.29 is 18.0 Å². The number of hydrogen-bond acceptors (Lipinski definition) is 4. The van der Waals surface area contributed by atoms with Crippen LogP contribution < -0.4 is 9.62 Å². The number of benzene rings is 2. The van der Waals surface area contributed by atoms with E-state index in [1.165, 1.54) is 11.3 Å². The molecule has 0 heterocycles. The van der Waals surface area contributed by atoms with Crippen molar-refractivity contribution >= 4 is 27.5 Å². The molecule has 1 aliphatic carbocycles.